The van der Waals surface area contributed by atoms with Crippen molar-refractivity contribution in [2.75, 3.05) is 7.11 Å². The number of carbonyl (C=O) groups excluding carboxylic acids is 1. The SMILES string of the molecule is COC(=O)c1sccc1S(=O)(=O)NC1CCCC1. The number of methoxy groups -OCH3 is 1. The number of esters is 1. The monoisotopic (exact) mass is 289 g/mol. The number of rotatable bonds is 4. The van der Waals surface area contributed by atoms with Gasteiger partial charge in [-0.3, -0.25) is 0 Å². The number of sulfonamides is 1. The van der Waals surface area contributed by atoms with E-state index in [2.05, 4.69) is 9.46 Å². The predicted octanol–water partition coefficient (Wildman–Crippen LogP) is 1.76. The summed E-state index contributed by atoms with van der Waals surface area (Å²) in [4.78, 5) is 11.6. The van der Waals surface area contributed by atoms with E-state index in [4.69, 9.17) is 0 Å². The highest BCUT2D eigenvalue weighted by Crippen LogP contribution is 2.25. The molecule has 18 heavy (non-hydrogen) atoms. The number of hydrogen-bond acceptors (Lipinski definition) is 5. The zero-order valence-electron chi connectivity index (χ0n) is 10.0. The van der Waals surface area contributed by atoms with Gasteiger partial charge in [-0.25, -0.2) is 17.9 Å². The van der Waals surface area contributed by atoms with Crippen molar-refractivity contribution < 1.29 is 17.9 Å². The average Bonchev–Trinajstić information content (AvgIpc) is 2.97. The fourth-order valence-electron chi connectivity index (χ4n) is 2.08. The van der Waals surface area contributed by atoms with Crippen molar-refractivity contribution in [3.05, 3.63) is 16.3 Å². The second-order valence-corrected chi connectivity index (χ2v) is 6.81. The molecule has 2 rings (SSSR count). The van der Waals surface area contributed by atoms with Crippen LogP contribution in [0, 0.1) is 0 Å². The molecule has 5 nitrogen and oxygen atoms in total. The van der Waals surface area contributed by atoms with Crippen LogP contribution in [0.3, 0.4) is 0 Å². The van der Waals surface area contributed by atoms with Crippen LogP contribution in [0.25, 0.3) is 0 Å². The van der Waals surface area contributed by atoms with Gasteiger partial charge >= 0.3 is 5.97 Å². The Labute approximate surface area is 110 Å². The predicted molar refractivity (Wildman–Crippen MR) is 68.2 cm³/mol. The summed E-state index contributed by atoms with van der Waals surface area (Å²) in [7, 11) is -2.39. The van der Waals surface area contributed by atoms with Crippen LogP contribution in [0.4, 0.5) is 0 Å². The van der Waals surface area contributed by atoms with Crippen molar-refractivity contribution in [3.8, 4) is 0 Å². The Morgan fingerprint density at radius 3 is 2.72 bits per heavy atom. The molecule has 1 N–H and O–H groups in total. The molecular formula is C11H15NO4S2. The van der Waals surface area contributed by atoms with Gasteiger partial charge in [-0.2, -0.15) is 0 Å². The first kappa shape index (κ1) is 13.5. The summed E-state index contributed by atoms with van der Waals surface area (Å²) < 4.78 is 31.6. The van der Waals surface area contributed by atoms with Crippen molar-refractivity contribution in [3.63, 3.8) is 0 Å². The van der Waals surface area contributed by atoms with E-state index in [1.54, 1.807) is 5.38 Å². The number of nitrogens with one attached hydrogen (secondary N) is 1. The summed E-state index contributed by atoms with van der Waals surface area (Å²) in [6.45, 7) is 0. The molecule has 1 aliphatic rings. The minimum atomic E-state index is -3.63. The highest BCUT2D eigenvalue weighted by molar-refractivity contribution is 7.89. The Kier molecular flexibility index (Phi) is 4.04. The van der Waals surface area contributed by atoms with E-state index in [0.29, 0.717) is 0 Å². The number of ether oxygens (including phenoxy) is 1. The van der Waals surface area contributed by atoms with Crippen LogP contribution in [0.15, 0.2) is 16.3 Å². The number of carbonyl (C=O) groups is 1. The van der Waals surface area contributed by atoms with Gasteiger partial charge in [0, 0.05) is 6.04 Å². The molecule has 1 aromatic rings. The molecule has 1 aliphatic carbocycles. The highest BCUT2D eigenvalue weighted by Gasteiger charge is 2.28. The van der Waals surface area contributed by atoms with Gasteiger partial charge in [0.2, 0.25) is 10.0 Å². The third-order valence-electron chi connectivity index (χ3n) is 2.97. The minimum Gasteiger partial charge on any atom is -0.465 e. The highest BCUT2D eigenvalue weighted by atomic mass is 32.2. The number of thiophene rings is 1. The van der Waals surface area contributed by atoms with Gasteiger partial charge in [-0.05, 0) is 24.3 Å². The molecule has 0 aromatic carbocycles. The van der Waals surface area contributed by atoms with Crippen LogP contribution in [-0.4, -0.2) is 27.5 Å². The Morgan fingerprint density at radius 2 is 2.11 bits per heavy atom. The molecule has 0 spiro atoms. The van der Waals surface area contributed by atoms with Gasteiger partial charge in [-0.15, -0.1) is 11.3 Å². The third kappa shape index (κ3) is 2.73. The van der Waals surface area contributed by atoms with Crippen molar-refractivity contribution in [2.45, 2.75) is 36.6 Å². The molecule has 7 heteroatoms. The third-order valence-corrected chi connectivity index (χ3v) is 5.55. The van der Waals surface area contributed by atoms with Gasteiger partial charge in [-0.1, -0.05) is 12.8 Å². The van der Waals surface area contributed by atoms with Crippen molar-refractivity contribution >= 4 is 27.3 Å². The first-order chi connectivity index (χ1) is 8.54. The summed E-state index contributed by atoms with van der Waals surface area (Å²) >= 11 is 1.07. The smallest absolute Gasteiger partial charge is 0.349 e. The van der Waals surface area contributed by atoms with Crippen molar-refractivity contribution in [1.29, 1.82) is 0 Å². The molecule has 0 aliphatic heterocycles. The van der Waals surface area contributed by atoms with Gasteiger partial charge < -0.3 is 4.74 Å². The van der Waals surface area contributed by atoms with Gasteiger partial charge in [0.05, 0.1) is 7.11 Å². The zero-order chi connectivity index (χ0) is 13.2. The molecule has 0 amide bonds. The zero-order valence-corrected chi connectivity index (χ0v) is 11.6. The standard InChI is InChI=1S/C11H15NO4S2/c1-16-11(13)10-9(6-7-17-10)18(14,15)12-8-4-2-3-5-8/h6-8,12H,2-5H2,1H3. The van der Waals surface area contributed by atoms with E-state index in [1.807, 2.05) is 0 Å². The fraction of sp³-hybridized carbons (Fsp3) is 0.545. The second kappa shape index (κ2) is 5.38. The molecule has 1 heterocycles. The fourth-order valence-corrected chi connectivity index (χ4v) is 4.72. The topological polar surface area (TPSA) is 72.5 Å². The van der Waals surface area contributed by atoms with Crippen molar-refractivity contribution in [2.24, 2.45) is 0 Å². The van der Waals surface area contributed by atoms with E-state index < -0.39 is 16.0 Å². The summed E-state index contributed by atoms with van der Waals surface area (Å²) in [5.41, 5.74) is 0. The maximum atomic E-state index is 12.2. The minimum absolute atomic E-state index is 0.0135. The molecule has 0 atom stereocenters. The normalized spacial score (nSPS) is 16.9. The average molecular weight is 289 g/mol. The summed E-state index contributed by atoms with van der Waals surface area (Å²) in [6, 6.07) is 1.43. The second-order valence-electron chi connectivity index (χ2n) is 4.21. The van der Waals surface area contributed by atoms with Crippen LogP contribution < -0.4 is 4.72 Å². The van der Waals surface area contributed by atoms with Gasteiger partial charge in [0.1, 0.15) is 9.77 Å². The van der Waals surface area contributed by atoms with E-state index in [0.717, 1.165) is 37.0 Å². The summed E-state index contributed by atoms with van der Waals surface area (Å²) in [6.07, 6.45) is 3.80. The van der Waals surface area contributed by atoms with Crippen LogP contribution >= 0.6 is 11.3 Å². The molecule has 0 unspecified atom stereocenters. The molecule has 100 valence electrons. The molecule has 1 aromatic heterocycles. The quantitative estimate of drug-likeness (QED) is 0.857. The van der Waals surface area contributed by atoms with Crippen LogP contribution in [0.1, 0.15) is 35.4 Å². The Balaban J connectivity index is 2.24. The Hall–Kier alpha value is -0.920. The number of hydrogen-bond donors (Lipinski definition) is 1. The maximum Gasteiger partial charge on any atom is 0.349 e. The van der Waals surface area contributed by atoms with Crippen LogP contribution in [-0.2, 0) is 14.8 Å². The van der Waals surface area contributed by atoms with Crippen LogP contribution in [0.2, 0.25) is 0 Å². The van der Waals surface area contributed by atoms with E-state index >= 15 is 0 Å². The van der Waals surface area contributed by atoms with Gasteiger partial charge in [0.25, 0.3) is 0 Å². The molecule has 0 bridgehead atoms. The lowest BCUT2D eigenvalue weighted by Gasteiger charge is -2.12. The van der Waals surface area contributed by atoms with Gasteiger partial charge in [0.15, 0.2) is 0 Å². The molecule has 0 radical (unpaired) electrons. The molecular weight excluding hydrogens is 274 g/mol. The molecule has 0 saturated heterocycles. The van der Waals surface area contributed by atoms with Crippen molar-refractivity contribution in [1.82, 2.24) is 4.72 Å². The first-order valence-electron chi connectivity index (χ1n) is 5.73. The Morgan fingerprint density at radius 1 is 1.44 bits per heavy atom. The van der Waals surface area contributed by atoms with E-state index in [-0.39, 0.29) is 15.8 Å². The first-order valence-corrected chi connectivity index (χ1v) is 8.09. The lowest BCUT2D eigenvalue weighted by atomic mass is 10.3. The molecule has 1 saturated carbocycles. The van der Waals surface area contributed by atoms with E-state index in [9.17, 15) is 13.2 Å². The lowest BCUT2D eigenvalue weighted by molar-refractivity contribution is 0.0602. The summed E-state index contributed by atoms with van der Waals surface area (Å²) in [5.74, 6) is -0.614. The largest absolute Gasteiger partial charge is 0.465 e. The molecule has 1 fully saturated rings. The maximum absolute atomic E-state index is 12.2. The Bertz CT molecular complexity index is 529. The summed E-state index contributed by atoms with van der Waals surface area (Å²) in [5, 5.41) is 1.58. The lowest BCUT2D eigenvalue weighted by Crippen LogP contribution is -2.33. The van der Waals surface area contributed by atoms with E-state index in [1.165, 1.54) is 13.2 Å². The van der Waals surface area contributed by atoms with Crippen LogP contribution in [0.5, 0.6) is 0 Å².